The topological polar surface area (TPSA) is 90.1 Å². The number of methoxy groups -OCH3 is 1. The lowest BCUT2D eigenvalue weighted by atomic mass is 10.1. The van der Waals surface area contributed by atoms with Crippen LogP contribution in [0.4, 0.5) is 0 Å². The first-order valence-corrected chi connectivity index (χ1v) is 8.16. The van der Waals surface area contributed by atoms with Crippen LogP contribution in [0.5, 0.6) is 5.75 Å². The number of hydrogen-bond acceptors (Lipinski definition) is 7. The third-order valence-corrected chi connectivity index (χ3v) is 4.28. The summed E-state index contributed by atoms with van der Waals surface area (Å²) in [5.41, 5.74) is 3.48. The SMILES string of the molecule is COc1ccc(CC(=O)NCc2nnc(-c3scnc3C)o2)cc1. The van der Waals surface area contributed by atoms with Gasteiger partial charge >= 0.3 is 0 Å². The van der Waals surface area contributed by atoms with Crippen molar-refractivity contribution in [2.45, 2.75) is 19.9 Å². The Bertz CT molecular complexity index is 826. The van der Waals surface area contributed by atoms with Gasteiger partial charge in [-0.05, 0) is 24.6 Å². The summed E-state index contributed by atoms with van der Waals surface area (Å²) in [5, 5.41) is 10.7. The Labute approximate surface area is 142 Å². The zero-order valence-electron chi connectivity index (χ0n) is 13.3. The molecule has 0 radical (unpaired) electrons. The van der Waals surface area contributed by atoms with Crippen LogP contribution in [0.2, 0.25) is 0 Å². The summed E-state index contributed by atoms with van der Waals surface area (Å²) in [6, 6.07) is 7.36. The Hall–Kier alpha value is -2.74. The van der Waals surface area contributed by atoms with Gasteiger partial charge in [-0.25, -0.2) is 4.98 Å². The van der Waals surface area contributed by atoms with Gasteiger partial charge in [0, 0.05) is 0 Å². The molecule has 3 rings (SSSR count). The number of carbonyl (C=O) groups is 1. The Morgan fingerprint density at radius 2 is 2.08 bits per heavy atom. The van der Waals surface area contributed by atoms with E-state index in [-0.39, 0.29) is 18.9 Å². The van der Waals surface area contributed by atoms with Gasteiger partial charge in [0.05, 0.1) is 31.3 Å². The average Bonchev–Trinajstić information content (AvgIpc) is 3.22. The molecule has 8 heteroatoms. The van der Waals surface area contributed by atoms with E-state index in [0.29, 0.717) is 11.8 Å². The third kappa shape index (κ3) is 3.77. The molecule has 0 aliphatic heterocycles. The number of amides is 1. The van der Waals surface area contributed by atoms with Crippen molar-refractivity contribution < 1.29 is 13.9 Å². The number of nitrogens with one attached hydrogen (secondary N) is 1. The van der Waals surface area contributed by atoms with Gasteiger partial charge in [-0.1, -0.05) is 12.1 Å². The van der Waals surface area contributed by atoms with Gasteiger partial charge in [-0.2, -0.15) is 0 Å². The molecule has 7 nitrogen and oxygen atoms in total. The normalized spacial score (nSPS) is 10.6. The van der Waals surface area contributed by atoms with Gasteiger partial charge in [0.2, 0.25) is 11.8 Å². The first-order chi connectivity index (χ1) is 11.7. The minimum absolute atomic E-state index is 0.117. The zero-order chi connectivity index (χ0) is 16.9. The highest BCUT2D eigenvalue weighted by Gasteiger charge is 2.13. The quantitative estimate of drug-likeness (QED) is 0.738. The van der Waals surface area contributed by atoms with Crippen LogP contribution in [0.1, 0.15) is 17.1 Å². The average molecular weight is 344 g/mol. The van der Waals surface area contributed by atoms with Crippen LogP contribution >= 0.6 is 11.3 Å². The summed E-state index contributed by atoms with van der Waals surface area (Å²) in [6.45, 7) is 2.08. The molecule has 0 atom stereocenters. The summed E-state index contributed by atoms with van der Waals surface area (Å²) in [5.74, 6) is 1.43. The smallest absolute Gasteiger partial charge is 0.259 e. The van der Waals surface area contributed by atoms with Crippen molar-refractivity contribution in [1.82, 2.24) is 20.5 Å². The molecule has 0 bridgehead atoms. The van der Waals surface area contributed by atoms with Gasteiger partial charge < -0.3 is 14.5 Å². The number of rotatable bonds is 6. The summed E-state index contributed by atoms with van der Waals surface area (Å²) < 4.78 is 10.6. The molecule has 124 valence electrons. The van der Waals surface area contributed by atoms with Gasteiger partial charge in [0.25, 0.3) is 5.89 Å². The molecule has 1 amide bonds. The number of carbonyl (C=O) groups excluding carboxylic acids is 1. The molecule has 3 aromatic rings. The minimum Gasteiger partial charge on any atom is -0.497 e. The maximum atomic E-state index is 12.0. The van der Waals surface area contributed by atoms with E-state index in [4.69, 9.17) is 9.15 Å². The van der Waals surface area contributed by atoms with Crippen LogP contribution in [0.25, 0.3) is 10.8 Å². The molecular weight excluding hydrogens is 328 g/mol. The molecule has 0 spiro atoms. The zero-order valence-corrected chi connectivity index (χ0v) is 14.1. The van der Waals surface area contributed by atoms with E-state index in [1.54, 1.807) is 12.6 Å². The number of benzene rings is 1. The maximum Gasteiger partial charge on any atom is 0.259 e. The summed E-state index contributed by atoms with van der Waals surface area (Å²) in [7, 11) is 1.61. The Morgan fingerprint density at radius 1 is 1.29 bits per heavy atom. The van der Waals surface area contributed by atoms with Crippen molar-refractivity contribution in [3.8, 4) is 16.5 Å². The fourth-order valence-corrected chi connectivity index (χ4v) is 2.81. The lowest BCUT2D eigenvalue weighted by Crippen LogP contribution is -2.24. The Balaban J connectivity index is 1.54. The largest absolute Gasteiger partial charge is 0.497 e. The standard InChI is InChI=1S/C16H16N4O3S/c1-10-15(24-9-18-10)16-20-19-14(23-16)8-17-13(21)7-11-3-5-12(22-2)6-4-11/h3-6,9H,7-8H2,1-2H3,(H,17,21). The highest BCUT2D eigenvalue weighted by Crippen LogP contribution is 2.25. The molecule has 1 N–H and O–H groups in total. The van der Waals surface area contributed by atoms with Gasteiger partial charge in [0.1, 0.15) is 10.6 Å². The molecule has 2 aromatic heterocycles. The third-order valence-electron chi connectivity index (χ3n) is 3.37. The lowest BCUT2D eigenvalue weighted by molar-refractivity contribution is -0.120. The van der Waals surface area contributed by atoms with Crippen LogP contribution in [0.3, 0.4) is 0 Å². The van der Waals surface area contributed by atoms with Crippen molar-refractivity contribution >= 4 is 17.2 Å². The van der Waals surface area contributed by atoms with Crippen molar-refractivity contribution in [2.75, 3.05) is 7.11 Å². The molecular formula is C16H16N4O3S. The molecule has 0 fully saturated rings. The number of aryl methyl sites for hydroxylation is 1. The maximum absolute atomic E-state index is 12.0. The van der Waals surface area contributed by atoms with E-state index < -0.39 is 0 Å². The summed E-state index contributed by atoms with van der Waals surface area (Å²) >= 11 is 1.44. The monoisotopic (exact) mass is 344 g/mol. The van der Waals surface area contributed by atoms with Crippen LogP contribution in [0.15, 0.2) is 34.2 Å². The summed E-state index contributed by atoms with van der Waals surface area (Å²) in [4.78, 5) is 17.0. The Kier molecular flexibility index (Phi) is 4.85. The van der Waals surface area contributed by atoms with Gasteiger partial charge in [-0.15, -0.1) is 21.5 Å². The van der Waals surface area contributed by atoms with Crippen molar-refractivity contribution in [3.05, 3.63) is 46.9 Å². The van der Waals surface area contributed by atoms with Gasteiger partial charge in [-0.3, -0.25) is 4.79 Å². The highest BCUT2D eigenvalue weighted by atomic mass is 32.1. The second kappa shape index (κ2) is 7.22. The van der Waals surface area contributed by atoms with E-state index in [0.717, 1.165) is 21.9 Å². The lowest BCUT2D eigenvalue weighted by Gasteiger charge is -2.04. The first-order valence-electron chi connectivity index (χ1n) is 7.28. The molecule has 0 aliphatic rings. The molecule has 24 heavy (non-hydrogen) atoms. The molecule has 2 heterocycles. The fourth-order valence-electron chi connectivity index (χ4n) is 2.09. The van der Waals surface area contributed by atoms with Crippen LogP contribution in [-0.4, -0.2) is 28.2 Å². The predicted molar refractivity (Wildman–Crippen MR) is 88.7 cm³/mol. The van der Waals surface area contributed by atoms with Crippen LogP contribution in [-0.2, 0) is 17.8 Å². The van der Waals surface area contributed by atoms with Crippen molar-refractivity contribution in [1.29, 1.82) is 0 Å². The van der Waals surface area contributed by atoms with E-state index in [2.05, 4.69) is 20.5 Å². The first kappa shape index (κ1) is 16.1. The molecule has 0 saturated carbocycles. The number of ether oxygens (including phenoxy) is 1. The van der Waals surface area contributed by atoms with Crippen molar-refractivity contribution in [2.24, 2.45) is 0 Å². The Morgan fingerprint density at radius 3 is 2.75 bits per heavy atom. The number of thiazole rings is 1. The van der Waals surface area contributed by atoms with E-state index in [1.807, 2.05) is 31.2 Å². The van der Waals surface area contributed by atoms with Gasteiger partial charge in [0.15, 0.2) is 0 Å². The van der Waals surface area contributed by atoms with Crippen molar-refractivity contribution in [3.63, 3.8) is 0 Å². The minimum atomic E-state index is -0.117. The second-order valence-corrected chi connectivity index (χ2v) is 5.92. The summed E-state index contributed by atoms with van der Waals surface area (Å²) in [6.07, 6.45) is 0.277. The highest BCUT2D eigenvalue weighted by molar-refractivity contribution is 7.13. The molecule has 1 aromatic carbocycles. The van der Waals surface area contributed by atoms with E-state index >= 15 is 0 Å². The number of aromatic nitrogens is 3. The van der Waals surface area contributed by atoms with E-state index in [1.165, 1.54) is 11.3 Å². The molecule has 0 saturated heterocycles. The fraction of sp³-hybridized carbons (Fsp3) is 0.250. The number of nitrogens with zero attached hydrogens (tertiary/aromatic N) is 3. The predicted octanol–water partition coefficient (Wildman–Crippen LogP) is 2.37. The van der Waals surface area contributed by atoms with Crippen LogP contribution < -0.4 is 10.1 Å². The molecule has 0 aliphatic carbocycles. The van der Waals surface area contributed by atoms with Crippen LogP contribution in [0, 0.1) is 6.92 Å². The second-order valence-electron chi connectivity index (χ2n) is 5.07. The number of hydrogen-bond donors (Lipinski definition) is 1. The molecule has 0 unspecified atom stereocenters. The van der Waals surface area contributed by atoms with E-state index in [9.17, 15) is 4.79 Å².